The second-order valence-corrected chi connectivity index (χ2v) is 2.59. The average Bonchev–Trinajstić information content (AvgIpc) is 1.85. The van der Waals surface area contributed by atoms with Crippen molar-refractivity contribution in [2.24, 2.45) is 5.92 Å². The monoisotopic (exact) mass is 131 g/mol. The van der Waals surface area contributed by atoms with Crippen molar-refractivity contribution in [2.75, 3.05) is 6.54 Å². The fourth-order valence-corrected chi connectivity index (χ4v) is 0.948. The van der Waals surface area contributed by atoms with E-state index in [1.165, 1.54) is 12.8 Å². The van der Waals surface area contributed by atoms with Crippen LogP contribution in [0.3, 0.4) is 0 Å². The first-order valence-electron chi connectivity index (χ1n) is 3.68. The van der Waals surface area contributed by atoms with Gasteiger partial charge >= 0.3 is 0 Å². The van der Waals surface area contributed by atoms with E-state index < -0.39 is 0 Å². The summed E-state index contributed by atoms with van der Waals surface area (Å²) in [6, 6.07) is 0. The third-order valence-corrected chi connectivity index (χ3v) is 1.53. The normalized spacial score (nSPS) is 13.7. The molecule has 1 atom stereocenters. The van der Waals surface area contributed by atoms with Gasteiger partial charge in [0.2, 0.25) is 0 Å². The highest BCUT2D eigenvalue weighted by molar-refractivity contribution is 4.51. The lowest BCUT2D eigenvalue weighted by Crippen LogP contribution is -2.11. The fraction of sp³-hybridized carbons (Fsp3) is 1.00. The molecule has 0 saturated heterocycles. The van der Waals surface area contributed by atoms with E-state index in [4.69, 9.17) is 5.21 Å². The van der Waals surface area contributed by atoms with Gasteiger partial charge in [0.1, 0.15) is 0 Å². The highest BCUT2D eigenvalue weighted by atomic mass is 16.5. The Labute approximate surface area is 57.2 Å². The van der Waals surface area contributed by atoms with E-state index in [0.29, 0.717) is 0 Å². The zero-order valence-electron chi connectivity index (χ0n) is 6.35. The zero-order chi connectivity index (χ0) is 7.11. The highest BCUT2D eigenvalue weighted by Gasteiger charge is 1.97. The van der Waals surface area contributed by atoms with Crippen LogP contribution in [0.4, 0.5) is 0 Å². The van der Waals surface area contributed by atoms with Gasteiger partial charge in [-0.25, -0.2) is 5.48 Å². The Balaban J connectivity index is 2.95. The molecule has 0 amide bonds. The van der Waals surface area contributed by atoms with Gasteiger partial charge in [-0.15, -0.1) is 0 Å². The number of rotatable bonds is 5. The van der Waals surface area contributed by atoms with Crippen LogP contribution in [0, 0.1) is 5.92 Å². The van der Waals surface area contributed by atoms with Crippen molar-refractivity contribution in [3.8, 4) is 0 Å². The van der Waals surface area contributed by atoms with Crippen molar-refractivity contribution < 1.29 is 5.21 Å². The van der Waals surface area contributed by atoms with E-state index in [1.807, 2.05) is 0 Å². The maximum atomic E-state index is 8.23. The van der Waals surface area contributed by atoms with E-state index in [1.54, 1.807) is 0 Å². The smallest absolute Gasteiger partial charge is 0.0210 e. The number of nitrogens with one attached hydrogen (secondary N) is 1. The van der Waals surface area contributed by atoms with Gasteiger partial charge in [-0.05, 0) is 12.3 Å². The molecule has 2 nitrogen and oxygen atoms in total. The summed E-state index contributed by atoms with van der Waals surface area (Å²) in [4.78, 5) is 0. The molecule has 1 unspecified atom stereocenters. The van der Waals surface area contributed by atoms with Crippen LogP contribution in [0.5, 0.6) is 0 Å². The molecule has 0 aromatic carbocycles. The lowest BCUT2D eigenvalue weighted by atomic mass is 10.0. The maximum absolute atomic E-state index is 8.23. The Morgan fingerprint density at radius 2 is 2.11 bits per heavy atom. The molecule has 2 heteroatoms. The summed E-state index contributed by atoms with van der Waals surface area (Å²) in [5, 5.41) is 8.23. The van der Waals surface area contributed by atoms with Crippen LogP contribution in [0.1, 0.15) is 33.1 Å². The summed E-state index contributed by atoms with van der Waals surface area (Å²) in [6.45, 7) is 5.12. The van der Waals surface area contributed by atoms with Crippen LogP contribution in [-0.4, -0.2) is 11.8 Å². The fourth-order valence-electron chi connectivity index (χ4n) is 0.948. The topological polar surface area (TPSA) is 32.3 Å². The lowest BCUT2D eigenvalue weighted by Gasteiger charge is -2.07. The molecule has 0 saturated carbocycles. The van der Waals surface area contributed by atoms with Crippen LogP contribution in [0.25, 0.3) is 0 Å². The van der Waals surface area contributed by atoms with Crippen molar-refractivity contribution in [1.82, 2.24) is 5.48 Å². The molecule has 0 radical (unpaired) electrons. The van der Waals surface area contributed by atoms with Crippen molar-refractivity contribution in [2.45, 2.75) is 33.1 Å². The standard InChI is InChI=1S/C7H17NO/c1-3-4-7(2)5-6-8-9/h7-9H,3-6H2,1-2H3. The Morgan fingerprint density at radius 3 is 2.56 bits per heavy atom. The predicted octanol–water partition coefficient (Wildman–Crippen LogP) is 1.79. The van der Waals surface area contributed by atoms with E-state index in [-0.39, 0.29) is 0 Å². The molecule has 0 bridgehead atoms. The number of hydrogen-bond donors (Lipinski definition) is 2. The quantitative estimate of drug-likeness (QED) is 0.557. The van der Waals surface area contributed by atoms with Crippen LogP contribution < -0.4 is 5.48 Å². The third kappa shape index (κ3) is 5.80. The molecular formula is C7H17NO. The second-order valence-electron chi connectivity index (χ2n) is 2.59. The minimum Gasteiger partial charge on any atom is -0.317 e. The van der Waals surface area contributed by atoms with Crippen LogP contribution in [0.2, 0.25) is 0 Å². The summed E-state index contributed by atoms with van der Waals surface area (Å²) in [5.41, 5.74) is 2.16. The number of hydroxylamine groups is 1. The van der Waals surface area contributed by atoms with Crippen molar-refractivity contribution in [3.63, 3.8) is 0 Å². The molecule has 56 valence electrons. The van der Waals surface area contributed by atoms with Gasteiger partial charge in [0.05, 0.1) is 0 Å². The summed E-state index contributed by atoms with van der Waals surface area (Å²) in [5.74, 6) is 0.745. The molecule has 0 aromatic heterocycles. The molecule has 9 heavy (non-hydrogen) atoms. The Bertz CT molecular complexity index is 56.9. The minimum atomic E-state index is 0.723. The molecule has 0 aromatic rings. The highest BCUT2D eigenvalue weighted by Crippen LogP contribution is 2.07. The van der Waals surface area contributed by atoms with Crippen molar-refractivity contribution >= 4 is 0 Å². The third-order valence-electron chi connectivity index (χ3n) is 1.53. The van der Waals surface area contributed by atoms with Gasteiger partial charge in [0, 0.05) is 6.54 Å². The second kappa shape index (κ2) is 6.05. The van der Waals surface area contributed by atoms with E-state index in [2.05, 4.69) is 19.3 Å². The predicted molar refractivity (Wildman–Crippen MR) is 38.5 cm³/mol. The van der Waals surface area contributed by atoms with E-state index in [0.717, 1.165) is 18.9 Å². The Morgan fingerprint density at radius 1 is 1.44 bits per heavy atom. The Hall–Kier alpha value is -0.0800. The van der Waals surface area contributed by atoms with Gasteiger partial charge in [-0.2, -0.15) is 0 Å². The van der Waals surface area contributed by atoms with Crippen LogP contribution >= 0.6 is 0 Å². The molecule has 0 spiro atoms. The van der Waals surface area contributed by atoms with Gasteiger partial charge < -0.3 is 5.21 Å². The molecule has 0 rings (SSSR count). The summed E-state index contributed by atoms with van der Waals surface area (Å²) >= 11 is 0. The number of hydrogen-bond acceptors (Lipinski definition) is 2. The summed E-state index contributed by atoms with van der Waals surface area (Å²) in [7, 11) is 0. The van der Waals surface area contributed by atoms with E-state index >= 15 is 0 Å². The average molecular weight is 131 g/mol. The Kier molecular flexibility index (Phi) is 5.99. The molecule has 0 aliphatic carbocycles. The largest absolute Gasteiger partial charge is 0.317 e. The maximum Gasteiger partial charge on any atom is 0.0210 e. The molecule has 0 aliphatic rings. The zero-order valence-corrected chi connectivity index (χ0v) is 6.35. The molecule has 0 fully saturated rings. The first-order chi connectivity index (χ1) is 4.31. The van der Waals surface area contributed by atoms with Crippen LogP contribution in [0.15, 0.2) is 0 Å². The van der Waals surface area contributed by atoms with Crippen LogP contribution in [-0.2, 0) is 0 Å². The SMILES string of the molecule is CCCC(C)CCNO. The molecule has 0 aliphatic heterocycles. The lowest BCUT2D eigenvalue weighted by molar-refractivity contribution is 0.159. The summed E-state index contributed by atoms with van der Waals surface area (Å²) < 4.78 is 0. The van der Waals surface area contributed by atoms with Gasteiger partial charge in [0.25, 0.3) is 0 Å². The van der Waals surface area contributed by atoms with Crippen molar-refractivity contribution in [3.05, 3.63) is 0 Å². The molecule has 2 N–H and O–H groups in total. The van der Waals surface area contributed by atoms with Gasteiger partial charge in [0.15, 0.2) is 0 Å². The van der Waals surface area contributed by atoms with Gasteiger partial charge in [-0.1, -0.05) is 26.7 Å². The van der Waals surface area contributed by atoms with Gasteiger partial charge in [-0.3, -0.25) is 0 Å². The first kappa shape index (κ1) is 8.92. The molecular weight excluding hydrogens is 114 g/mol. The summed E-state index contributed by atoms with van der Waals surface area (Å²) in [6.07, 6.45) is 3.58. The molecule has 0 heterocycles. The minimum absolute atomic E-state index is 0.723. The van der Waals surface area contributed by atoms with E-state index in [9.17, 15) is 0 Å². The first-order valence-corrected chi connectivity index (χ1v) is 3.68. The van der Waals surface area contributed by atoms with Crippen molar-refractivity contribution in [1.29, 1.82) is 0 Å².